The average molecular weight is 341 g/mol. The molecular formula is C19H14F3N3. The lowest BCUT2D eigenvalue weighted by Gasteiger charge is -2.11. The van der Waals surface area contributed by atoms with Crippen molar-refractivity contribution < 1.29 is 13.2 Å². The van der Waals surface area contributed by atoms with E-state index < -0.39 is 11.7 Å². The van der Waals surface area contributed by atoms with Crippen molar-refractivity contribution in [2.24, 2.45) is 7.05 Å². The highest BCUT2D eigenvalue weighted by molar-refractivity contribution is 6.09. The Labute approximate surface area is 141 Å². The maximum Gasteiger partial charge on any atom is 0.416 e. The number of alkyl halides is 3. The minimum absolute atomic E-state index is 0.441. The van der Waals surface area contributed by atoms with Gasteiger partial charge in [-0.2, -0.15) is 18.3 Å². The first-order valence-electron chi connectivity index (χ1n) is 7.76. The van der Waals surface area contributed by atoms with Gasteiger partial charge < -0.3 is 0 Å². The quantitative estimate of drug-likeness (QED) is 0.481. The molecule has 0 amide bonds. The van der Waals surface area contributed by atoms with E-state index in [0.29, 0.717) is 16.8 Å². The van der Waals surface area contributed by atoms with E-state index in [-0.39, 0.29) is 0 Å². The number of hydrogen-bond acceptors (Lipinski definition) is 2. The third-order valence-electron chi connectivity index (χ3n) is 4.31. The predicted molar refractivity (Wildman–Crippen MR) is 91.2 cm³/mol. The van der Waals surface area contributed by atoms with Crippen LogP contribution in [0.25, 0.3) is 33.1 Å². The van der Waals surface area contributed by atoms with Crippen LogP contribution in [0.1, 0.15) is 11.3 Å². The molecule has 2 aromatic heterocycles. The Balaban J connectivity index is 2.09. The number of rotatable bonds is 1. The standard InChI is InChI=1S/C19H14F3N3/c1-11-16-18(25(2)24-11)15-9-4-3-8-14(15)17(23-16)12-6-5-7-13(10-12)19(20,21)22/h3-10H,1-2H3. The van der Waals surface area contributed by atoms with Crippen molar-refractivity contribution in [3.05, 3.63) is 59.8 Å². The molecule has 0 aliphatic rings. The van der Waals surface area contributed by atoms with Gasteiger partial charge in [-0.05, 0) is 19.1 Å². The molecule has 0 N–H and O–H groups in total. The molecule has 0 saturated heterocycles. The second kappa shape index (κ2) is 5.31. The van der Waals surface area contributed by atoms with Crippen LogP contribution >= 0.6 is 0 Å². The molecule has 25 heavy (non-hydrogen) atoms. The number of aromatic nitrogens is 3. The lowest BCUT2D eigenvalue weighted by Crippen LogP contribution is -2.04. The maximum absolute atomic E-state index is 13.1. The highest BCUT2D eigenvalue weighted by atomic mass is 19.4. The maximum atomic E-state index is 13.1. The Kier molecular flexibility index (Phi) is 3.32. The van der Waals surface area contributed by atoms with E-state index in [1.807, 2.05) is 38.2 Å². The Morgan fingerprint density at radius 2 is 1.68 bits per heavy atom. The van der Waals surface area contributed by atoms with Crippen LogP contribution in [0.15, 0.2) is 48.5 Å². The fourth-order valence-electron chi connectivity index (χ4n) is 3.21. The molecule has 0 atom stereocenters. The number of pyridine rings is 1. The number of halogens is 3. The zero-order valence-electron chi connectivity index (χ0n) is 13.6. The topological polar surface area (TPSA) is 30.7 Å². The molecule has 4 aromatic rings. The molecule has 2 heterocycles. The van der Waals surface area contributed by atoms with Crippen molar-refractivity contribution in [2.45, 2.75) is 13.1 Å². The molecule has 0 aliphatic heterocycles. The summed E-state index contributed by atoms with van der Waals surface area (Å²) in [6, 6.07) is 12.9. The molecule has 0 spiro atoms. The first-order valence-corrected chi connectivity index (χ1v) is 7.76. The SMILES string of the molecule is Cc1nn(C)c2c1nc(-c1cccc(C(F)(F)F)c1)c1ccccc12. The van der Waals surface area contributed by atoms with Crippen LogP contribution in [0.4, 0.5) is 13.2 Å². The summed E-state index contributed by atoms with van der Waals surface area (Å²) in [7, 11) is 1.84. The minimum atomic E-state index is -4.39. The van der Waals surface area contributed by atoms with Crippen molar-refractivity contribution in [3.8, 4) is 11.3 Å². The Morgan fingerprint density at radius 3 is 2.40 bits per heavy atom. The fourth-order valence-corrected chi connectivity index (χ4v) is 3.21. The van der Waals surface area contributed by atoms with Crippen molar-refractivity contribution in [3.63, 3.8) is 0 Å². The van der Waals surface area contributed by atoms with Gasteiger partial charge in [0.15, 0.2) is 0 Å². The first kappa shape index (κ1) is 15.6. The molecule has 0 bridgehead atoms. The van der Waals surface area contributed by atoms with Crippen LogP contribution in [-0.4, -0.2) is 14.8 Å². The van der Waals surface area contributed by atoms with Gasteiger partial charge >= 0.3 is 6.18 Å². The average Bonchev–Trinajstić information content (AvgIpc) is 2.88. The smallest absolute Gasteiger partial charge is 0.265 e. The molecule has 0 unspecified atom stereocenters. The number of aryl methyl sites for hydroxylation is 2. The largest absolute Gasteiger partial charge is 0.416 e. The van der Waals surface area contributed by atoms with Crippen LogP contribution in [0.5, 0.6) is 0 Å². The number of hydrogen-bond donors (Lipinski definition) is 0. The van der Waals surface area contributed by atoms with Crippen molar-refractivity contribution in [2.75, 3.05) is 0 Å². The van der Waals surface area contributed by atoms with E-state index in [1.54, 1.807) is 10.7 Å². The summed E-state index contributed by atoms with van der Waals surface area (Å²) in [5, 5.41) is 6.13. The van der Waals surface area contributed by atoms with E-state index >= 15 is 0 Å². The van der Waals surface area contributed by atoms with Gasteiger partial charge in [0.1, 0.15) is 5.52 Å². The molecular weight excluding hydrogens is 327 g/mol. The second-order valence-electron chi connectivity index (χ2n) is 5.99. The molecule has 6 heteroatoms. The molecule has 0 radical (unpaired) electrons. The van der Waals surface area contributed by atoms with Crippen LogP contribution < -0.4 is 0 Å². The zero-order valence-corrected chi connectivity index (χ0v) is 13.6. The van der Waals surface area contributed by atoms with Gasteiger partial charge in [0.05, 0.1) is 22.5 Å². The van der Waals surface area contributed by atoms with Crippen LogP contribution in [0, 0.1) is 6.92 Å². The zero-order chi connectivity index (χ0) is 17.8. The summed E-state index contributed by atoms with van der Waals surface area (Å²) in [6.07, 6.45) is -4.39. The Hall–Kier alpha value is -2.89. The summed E-state index contributed by atoms with van der Waals surface area (Å²) in [5.41, 5.74) is 2.62. The van der Waals surface area contributed by atoms with Gasteiger partial charge in [-0.1, -0.05) is 36.4 Å². The van der Waals surface area contributed by atoms with Gasteiger partial charge in [-0.25, -0.2) is 4.98 Å². The molecule has 2 aromatic carbocycles. The van der Waals surface area contributed by atoms with E-state index in [0.717, 1.165) is 34.1 Å². The van der Waals surface area contributed by atoms with Gasteiger partial charge in [0, 0.05) is 23.4 Å². The summed E-state index contributed by atoms with van der Waals surface area (Å²) < 4.78 is 41.0. The first-order chi connectivity index (χ1) is 11.9. The molecule has 126 valence electrons. The number of benzene rings is 2. The van der Waals surface area contributed by atoms with Crippen molar-refractivity contribution >= 4 is 21.8 Å². The summed E-state index contributed by atoms with van der Waals surface area (Å²) in [4.78, 5) is 4.67. The fraction of sp³-hybridized carbons (Fsp3) is 0.158. The molecule has 0 aliphatic carbocycles. The Morgan fingerprint density at radius 1 is 0.960 bits per heavy atom. The van der Waals surface area contributed by atoms with E-state index in [9.17, 15) is 13.2 Å². The lowest BCUT2D eigenvalue weighted by atomic mass is 10.0. The van der Waals surface area contributed by atoms with Crippen LogP contribution in [0.2, 0.25) is 0 Å². The van der Waals surface area contributed by atoms with Gasteiger partial charge in [-0.3, -0.25) is 4.68 Å². The summed E-state index contributed by atoms with van der Waals surface area (Å²) in [6.45, 7) is 1.85. The molecule has 4 rings (SSSR count). The van der Waals surface area contributed by atoms with Gasteiger partial charge in [-0.15, -0.1) is 0 Å². The van der Waals surface area contributed by atoms with Gasteiger partial charge in [0.25, 0.3) is 0 Å². The number of fused-ring (bicyclic) bond motifs is 3. The molecule has 3 nitrogen and oxygen atoms in total. The lowest BCUT2D eigenvalue weighted by molar-refractivity contribution is -0.137. The van der Waals surface area contributed by atoms with E-state index in [1.165, 1.54) is 6.07 Å². The monoisotopic (exact) mass is 341 g/mol. The van der Waals surface area contributed by atoms with E-state index in [4.69, 9.17) is 0 Å². The van der Waals surface area contributed by atoms with Crippen LogP contribution in [-0.2, 0) is 13.2 Å². The third-order valence-corrected chi connectivity index (χ3v) is 4.31. The van der Waals surface area contributed by atoms with Crippen molar-refractivity contribution in [1.82, 2.24) is 14.8 Å². The normalized spacial score (nSPS) is 12.2. The summed E-state index contributed by atoms with van der Waals surface area (Å²) in [5.74, 6) is 0. The minimum Gasteiger partial charge on any atom is -0.265 e. The summed E-state index contributed by atoms with van der Waals surface area (Å²) >= 11 is 0. The molecule has 0 saturated carbocycles. The van der Waals surface area contributed by atoms with Crippen molar-refractivity contribution in [1.29, 1.82) is 0 Å². The molecule has 0 fully saturated rings. The highest BCUT2D eigenvalue weighted by Crippen LogP contribution is 2.36. The Bertz CT molecular complexity index is 1110. The number of nitrogens with zero attached hydrogens (tertiary/aromatic N) is 3. The second-order valence-corrected chi connectivity index (χ2v) is 5.99. The predicted octanol–water partition coefficient (Wildman–Crippen LogP) is 5.12. The van der Waals surface area contributed by atoms with Crippen LogP contribution in [0.3, 0.4) is 0 Å². The third kappa shape index (κ3) is 2.45. The van der Waals surface area contributed by atoms with E-state index in [2.05, 4.69) is 10.1 Å². The highest BCUT2D eigenvalue weighted by Gasteiger charge is 2.30. The van der Waals surface area contributed by atoms with Gasteiger partial charge in [0.2, 0.25) is 0 Å².